The van der Waals surface area contributed by atoms with Gasteiger partial charge in [-0.2, -0.15) is 0 Å². The second kappa shape index (κ2) is 7.61. The van der Waals surface area contributed by atoms with Crippen LogP contribution in [0, 0.1) is 11.8 Å². The Hall–Kier alpha value is -2.70. The minimum absolute atomic E-state index is 0.0434. The predicted octanol–water partition coefficient (Wildman–Crippen LogP) is 4.11. The number of carbonyl (C=O) groups excluding carboxylic acids is 1. The van der Waals surface area contributed by atoms with Crippen LogP contribution < -0.4 is 5.32 Å². The number of ether oxygens (including phenoxy) is 1. The lowest BCUT2D eigenvalue weighted by Crippen LogP contribution is -2.36. The second-order valence-electron chi connectivity index (χ2n) is 8.40. The number of esters is 1. The fourth-order valence-corrected chi connectivity index (χ4v) is 5.46. The SMILES string of the molecule is COC(=O)c1ccc([C@H]2[C@@H]3CCCC(C4CCCCC4)=C3Nc3nnnn32)cc1. The average molecular weight is 393 g/mol. The zero-order chi connectivity index (χ0) is 19.8. The maximum absolute atomic E-state index is 11.8. The lowest BCUT2D eigenvalue weighted by atomic mass is 9.72. The number of carbonyl (C=O) groups is 1. The van der Waals surface area contributed by atoms with Crippen molar-refractivity contribution >= 4 is 11.9 Å². The van der Waals surface area contributed by atoms with Gasteiger partial charge in [-0.1, -0.05) is 36.5 Å². The fraction of sp³-hybridized carbons (Fsp3) is 0.545. The summed E-state index contributed by atoms with van der Waals surface area (Å²) in [4.78, 5) is 11.8. The van der Waals surface area contributed by atoms with E-state index in [4.69, 9.17) is 4.74 Å². The normalized spacial score (nSPS) is 24.4. The van der Waals surface area contributed by atoms with E-state index in [2.05, 4.69) is 20.8 Å². The summed E-state index contributed by atoms with van der Waals surface area (Å²) in [5.41, 5.74) is 4.64. The van der Waals surface area contributed by atoms with E-state index >= 15 is 0 Å². The molecule has 0 amide bonds. The van der Waals surface area contributed by atoms with Crippen LogP contribution in [0.3, 0.4) is 0 Å². The fourth-order valence-electron chi connectivity index (χ4n) is 5.46. The summed E-state index contributed by atoms with van der Waals surface area (Å²) in [6.45, 7) is 0. The highest BCUT2D eigenvalue weighted by Crippen LogP contribution is 2.47. The van der Waals surface area contributed by atoms with Gasteiger partial charge >= 0.3 is 5.97 Å². The zero-order valence-corrected chi connectivity index (χ0v) is 16.8. The van der Waals surface area contributed by atoms with Gasteiger partial charge in [0.1, 0.15) is 0 Å². The van der Waals surface area contributed by atoms with E-state index in [1.54, 1.807) is 5.57 Å². The molecule has 1 aliphatic heterocycles. The minimum Gasteiger partial charge on any atom is -0.465 e. The highest BCUT2D eigenvalue weighted by molar-refractivity contribution is 5.89. The molecular weight excluding hydrogens is 366 g/mol. The Kier molecular flexibility index (Phi) is 4.81. The van der Waals surface area contributed by atoms with E-state index < -0.39 is 0 Å². The van der Waals surface area contributed by atoms with Crippen LogP contribution in [0.4, 0.5) is 5.95 Å². The van der Waals surface area contributed by atoms with Crippen LogP contribution in [0.1, 0.15) is 73.3 Å². The number of hydrogen-bond acceptors (Lipinski definition) is 6. The lowest BCUT2D eigenvalue weighted by Gasteiger charge is -2.41. The Morgan fingerprint density at radius 3 is 2.66 bits per heavy atom. The molecule has 0 radical (unpaired) electrons. The summed E-state index contributed by atoms with van der Waals surface area (Å²) >= 11 is 0. The van der Waals surface area contributed by atoms with E-state index in [9.17, 15) is 4.79 Å². The van der Waals surface area contributed by atoms with E-state index in [1.807, 2.05) is 28.9 Å². The molecule has 5 rings (SSSR count). The maximum Gasteiger partial charge on any atom is 0.337 e. The molecule has 7 nitrogen and oxygen atoms in total. The molecular formula is C22H27N5O2. The first-order valence-corrected chi connectivity index (χ1v) is 10.7. The van der Waals surface area contributed by atoms with E-state index in [0.29, 0.717) is 23.3 Å². The summed E-state index contributed by atoms with van der Waals surface area (Å²) in [7, 11) is 1.41. The third-order valence-corrected chi connectivity index (χ3v) is 6.83. The minimum atomic E-state index is -0.317. The number of methoxy groups -OCH3 is 1. The number of nitrogens with one attached hydrogen (secondary N) is 1. The molecule has 1 fully saturated rings. The number of aromatic nitrogens is 4. The van der Waals surface area contributed by atoms with Gasteiger partial charge in [0, 0.05) is 11.6 Å². The van der Waals surface area contributed by atoms with Gasteiger partial charge < -0.3 is 10.1 Å². The first-order chi connectivity index (χ1) is 14.3. The summed E-state index contributed by atoms with van der Waals surface area (Å²) in [6, 6.07) is 7.74. The zero-order valence-electron chi connectivity index (χ0n) is 16.8. The molecule has 2 aromatic rings. The molecule has 2 aliphatic carbocycles. The van der Waals surface area contributed by atoms with Crippen molar-refractivity contribution in [2.45, 2.75) is 57.4 Å². The largest absolute Gasteiger partial charge is 0.465 e. The molecule has 0 spiro atoms. The lowest BCUT2D eigenvalue weighted by molar-refractivity contribution is 0.0600. The van der Waals surface area contributed by atoms with Crippen molar-refractivity contribution in [3.8, 4) is 0 Å². The first-order valence-electron chi connectivity index (χ1n) is 10.7. The van der Waals surface area contributed by atoms with Crippen molar-refractivity contribution in [2.24, 2.45) is 11.8 Å². The first kappa shape index (κ1) is 18.3. The standard InChI is InChI=1S/C22H27N5O2/c1-29-21(28)16-12-10-15(11-13-16)20-18-9-5-8-17(14-6-3-2-4-7-14)19(18)23-22-24-25-26-27(20)22/h10-14,18,20H,2-9H2,1H3,(H,23,24,26)/t18-,20+/m1/s1. The Balaban J connectivity index is 1.55. The summed E-state index contributed by atoms with van der Waals surface area (Å²) in [5, 5.41) is 16.1. The molecule has 0 unspecified atom stereocenters. The van der Waals surface area contributed by atoms with Crippen LogP contribution in [0.5, 0.6) is 0 Å². The Labute approximate surface area is 170 Å². The third kappa shape index (κ3) is 3.22. The van der Waals surface area contributed by atoms with Crippen molar-refractivity contribution in [1.82, 2.24) is 20.2 Å². The average Bonchev–Trinajstić information content (AvgIpc) is 3.25. The molecule has 29 heavy (non-hydrogen) atoms. The predicted molar refractivity (Wildman–Crippen MR) is 108 cm³/mol. The van der Waals surface area contributed by atoms with Gasteiger partial charge in [-0.05, 0) is 71.7 Å². The third-order valence-electron chi connectivity index (χ3n) is 6.83. The van der Waals surface area contributed by atoms with Gasteiger partial charge in [0.05, 0.1) is 18.7 Å². The second-order valence-corrected chi connectivity index (χ2v) is 8.40. The maximum atomic E-state index is 11.8. The summed E-state index contributed by atoms with van der Waals surface area (Å²) in [6.07, 6.45) is 10.1. The van der Waals surface area contributed by atoms with Gasteiger partial charge in [-0.15, -0.1) is 0 Å². The van der Waals surface area contributed by atoms with Crippen LogP contribution in [-0.4, -0.2) is 33.3 Å². The molecule has 2 heterocycles. The Bertz CT molecular complexity index is 927. The van der Waals surface area contributed by atoms with Crippen molar-refractivity contribution in [3.63, 3.8) is 0 Å². The van der Waals surface area contributed by atoms with Gasteiger partial charge in [0.2, 0.25) is 5.95 Å². The van der Waals surface area contributed by atoms with Crippen molar-refractivity contribution in [3.05, 3.63) is 46.7 Å². The highest BCUT2D eigenvalue weighted by Gasteiger charge is 2.40. The van der Waals surface area contributed by atoms with Crippen molar-refractivity contribution in [1.29, 1.82) is 0 Å². The number of hydrogen-bond donors (Lipinski definition) is 1. The van der Waals surface area contributed by atoms with E-state index in [1.165, 1.54) is 57.8 Å². The Morgan fingerprint density at radius 2 is 1.90 bits per heavy atom. The smallest absolute Gasteiger partial charge is 0.337 e. The molecule has 1 saturated carbocycles. The van der Waals surface area contributed by atoms with E-state index in [0.717, 1.165) is 12.0 Å². The van der Waals surface area contributed by atoms with Gasteiger partial charge in [0.15, 0.2) is 0 Å². The van der Waals surface area contributed by atoms with Crippen LogP contribution in [-0.2, 0) is 4.74 Å². The van der Waals surface area contributed by atoms with Crippen molar-refractivity contribution in [2.75, 3.05) is 12.4 Å². The number of nitrogens with zero attached hydrogens (tertiary/aromatic N) is 4. The highest BCUT2D eigenvalue weighted by atomic mass is 16.5. The van der Waals surface area contributed by atoms with Crippen LogP contribution in [0.2, 0.25) is 0 Å². The Morgan fingerprint density at radius 1 is 1.10 bits per heavy atom. The number of allylic oxidation sites excluding steroid dienone is 2. The molecule has 2 atom stereocenters. The van der Waals surface area contributed by atoms with Gasteiger partial charge in [0.25, 0.3) is 0 Å². The topological polar surface area (TPSA) is 81.9 Å². The number of benzene rings is 1. The molecule has 1 aromatic carbocycles. The molecule has 0 saturated heterocycles. The molecule has 0 bridgehead atoms. The number of tetrazole rings is 1. The molecule has 3 aliphatic rings. The van der Waals surface area contributed by atoms with Crippen LogP contribution >= 0.6 is 0 Å². The molecule has 1 aromatic heterocycles. The summed E-state index contributed by atoms with van der Waals surface area (Å²) in [5.74, 6) is 1.43. The number of fused-ring (bicyclic) bond motifs is 2. The monoisotopic (exact) mass is 393 g/mol. The quantitative estimate of drug-likeness (QED) is 0.791. The molecule has 7 heteroatoms. The molecule has 1 N–H and O–H groups in total. The summed E-state index contributed by atoms with van der Waals surface area (Å²) < 4.78 is 6.75. The van der Waals surface area contributed by atoms with Gasteiger partial charge in [-0.3, -0.25) is 0 Å². The van der Waals surface area contributed by atoms with Crippen LogP contribution in [0.15, 0.2) is 35.5 Å². The number of anilines is 1. The van der Waals surface area contributed by atoms with Crippen molar-refractivity contribution < 1.29 is 9.53 Å². The molecule has 152 valence electrons. The van der Waals surface area contributed by atoms with E-state index in [-0.39, 0.29) is 12.0 Å². The van der Waals surface area contributed by atoms with Crippen LogP contribution in [0.25, 0.3) is 0 Å². The number of rotatable bonds is 3. The van der Waals surface area contributed by atoms with Gasteiger partial charge in [-0.25, -0.2) is 9.48 Å².